The monoisotopic (exact) mass is 262 g/mol. The fraction of sp³-hybridized carbons (Fsp3) is 0.500. The van der Waals surface area contributed by atoms with Crippen molar-refractivity contribution in [2.75, 3.05) is 19.6 Å². The minimum atomic E-state index is -0.456. The average molecular weight is 262 g/mol. The summed E-state index contributed by atoms with van der Waals surface area (Å²) in [6.45, 7) is 2.94. The van der Waals surface area contributed by atoms with Gasteiger partial charge in [-0.05, 0) is 38.1 Å². The van der Waals surface area contributed by atoms with Gasteiger partial charge in [-0.2, -0.15) is 0 Å². The van der Waals surface area contributed by atoms with E-state index in [2.05, 4.69) is 4.90 Å². The Kier molecular flexibility index (Phi) is 4.63. The van der Waals surface area contributed by atoms with Crippen LogP contribution in [0.3, 0.4) is 0 Å². The van der Waals surface area contributed by atoms with Gasteiger partial charge in [-0.1, -0.05) is 6.42 Å². The second-order valence-electron chi connectivity index (χ2n) is 4.88. The number of hydrogen-bond acceptors (Lipinski definition) is 4. The number of likely N-dealkylation sites (tertiary alicyclic amines) is 1. The zero-order chi connectivity index (χ0) is 13.7. The van der Waals surface area contributed by atoms with Crippen molar-refractivity contribution >= 4 is 11.5 Å². The number of ketones is 1. The van der Waals surface area contributed by atoms with Gasteiger partial charge in [0, 0.05) is 30.7 Å². The highest BCUT2D eigenvalue weighted by Gasteiger charge is 2.13. The Morgan fingerprint density at radius 1 is 1.16 bits per heavy atom. The molecule has 0 saturated carbocycles. The molecule has 0 spiro atoms. The number of carbonyl (C=O) groups is 1. The maximum absolute atomic E-state index is 12.0. The third kappa shape index (κ3) is 3.86. The number of rotatable bonds is 5. The first-order valence-corrected chi connectivity index (χ1v) is 6.67. The standard InChI is InChI=1S/C14H18N2O3/c17-14(8-11-15-9-2-1-3-10-15)12-4-6-13(7-5-12)16(18)19/h4-7H,1-3,8-11H2. The number of nitrogens with zero attached hydrogens (tertiary/aromatic N) is 2. The van der Waals surface area contributed by atoms with Crippen LogP contribution in [0, 0.1) is 10.1 Å². The lowest BCUT2D eigenvalue weighted by Gasteiger charge is -2.25. The molecule has 0 N–H and O–H groups in total. The van der Waals surface area contributed by atoms with Crippen LogP contribution in [0.5, 0.6) is 0 Å². The molecule has 19 heavy (non-hydrogen) atoms. The van der Waals surface area contributed by atoms with Crippen molar-refractivity contribution in [3.8, 4) is 0 Å². The molecule has 1 aliphatic heterocycles. The third-order valence-corrected chi connectivity index (χ3v) is 3.50. The summed E-state index contributed by atoms with van der Waals surface area (Å²) in [6, 6.07) is 5.84. The van der Waals surface area contributed by atoms with E-state index in [0.717, 1.165) is 19.6 Å². The number of hydrogen-bond donors (Lipinski definition) is 0. The summed E-state index contributed by atoms with van der Waals surface area (Å²) in [5.41, 5.74) is 0.579. The molecule has 1 fully saturated rings. The van der Waals surface area contributed by atoms with E-state index in [1.54, 1.807) is 0 Å². The van der Waals surface area contributed by atoms with Crippen LogP contribution in [0.15, 0.2) is 24.3 Å². The first kappa shape index (κ1) is 13.7. The molecule has 0 unspecified atom stereocenters. The number of piperidine rings is 1. The Morgan fingerprint density at radius 3 is 2.37 bits per heavy atom. The predicted molar refractivity (Wildman–Crippen MR) is 72.3 cm³/mol. The highest BCUT2D eigenvalue weighted by atomic mass is 16.6. The molecule has 1 aromatic carbocycles. The smallest absolute Gasteiger partial charge is 0.269 e. The Labute approximate surface area is 112 Å². The van der Waals surface area contributed by atoms with Crippen molar-refractivity contribution in [2.24, 2.45) is 0 Å². The van der Waals surface area contributed by atoms with Crippen LogP contribution in [0.2, 0.25) is 0 Å². The largest absolute Gasteiger partial charge is 0.303 e. The van der Waals surface area contributed by atoms with E-state index in [1.807, 2.05) is 0 Å². The van der Waals surface area contributed by atoms with Gasteiger partial charge in [-0.15, -0.1) is 0 Å². The zero-order valence-corrected chi connectivity index (χ0v) is 10.9. The molecule has 1 heterocycles. The number of non-ortho nitro benzene ring substituents is 1. The lowest BCUT2D eigenvalue weighted by molar-refractivity contribution is -0.384. The second kappa shape index (κ2) is 6.43. The Bertz CT molecular complexity index is 450. The molecule has 1 aliphatic rings. The van der Waals surface area contributed by atoms with Crippen molar-refractivity contribution in [1.82, 2.24) is 4.90 Å². The molecule has 5 heteroatoms. The van der Waals surface area contributed by atoms with Gasteiger partial charge < -0.3 is 4.90 Å². The van der Waals surface area contributed by atoms with Crippen molar-refractivity contribution in [1.29, 1.82) is 0 Å². The molecule has 0 aromatic heterocycles. The second-order valence-corrected chi connectivity index (χ2v) is 4.88. The average Bonchev–Trinajstić information content (AvgIpc) is 2.46. The Hall–Kier alpha value is -1.75. The van der Waals surface area contributed by atoms with Crippen LogP contribution < -0.4 is 0 Å². The summed E-state index contributed by atoms with van der Waals surface area (Å²) >= 11 is 0. The van der Waals surface area contributed by atoms with Crippen molar-refractivity contribution in [2.45, 2.75) is 25.7 Å². The van der Waals surface area contributed by atoms with E-state index in [-0.39, 0.29) is 11.5 Å². The zero-order valence-electron chi connectivity index (χ0n) is 10.9. The van der Waals surface area contributed by atoms with Crippen LogP contribution in [-0.4, -0.2) is 35.2 Å². The number of nitro groups is 1. The summed E-state index contributed by atoms with van der Waals surface area (Å²) < 4.78 is 0. The summed E-state index contributed by atoms with van der Waals surface area (Å²) in [6.07, 6.45) is 4.20. The fourth-order valence-corrected chi connectivity index (χ4v) is 2.36. The summed E-state index contributed by atoms with van der Waals surface area (Å²) in [5.74, 6) is 0.0560. The first-order chi connectivity index (χ1) is 9.16. The molecule has 0 amide bonds. The van der Waals surface area contributed by atoms with Crippen molar-refractivity contribution in [3.05, 3.63) is 39.9 Å². The normalized spacial score (nSPS) is 16.2. The fourth-order valence-electron chi connectivity index (χ4n) is 2.36. The van der Waals surface area contributed by atoms with E-state index < -0.39 is 4.92 Å². The van der Waals surface area contributed by atoms with Crippen LogP contribution in [0.1, 0.15) is 36.0 Å². The molecule has 2 rings (SSSR count). The highest BCUT2D eigenvalue weighted by molar-refractivity contribution is 5.96. The number of carbonyl (C=O) groups excluding carboxylic acids is 1. The molecule has 1 aromatic rings. The van der Waals surface area contributed by atoms with Gasteiger partial charge in [0.05, 0.1) is 4.92 Å². The van der Waals surface area contributed by atoms with Crippen molar-refractivity contribution in [3.63, 3.8) is 0 Å². The molecular weight excluding hydrogens is 244 g/mol. The Balaban J connectivity index is 1.86. The number of Topliss-reactive ketones (excluding diaryl/α,β-unsaturated/α-hetero) is 1. The molecule has 0 bridgehead atoms. The van der Waals surface area contributed by atoms with E-state index in [9.17, 15) is 14.9 Å². The molecule has 102 valence electrons. The van der Waals surface area contributed by atoms with Gasteiger partial charge in [0.25, 0.3) is 5.69 Å². The van der Waals surface area contributed by atoms with Gasteiger partial charge in [0.15, 0.2) is 5.78 Å². The van der Waals surface area contributed by atoms with E-state index >= 15 is 0 Å². The predicted octanol–water partition coefficient (Wildman–Crippen LogP) is 2.65. The van der Waals surface area contributed by atoms with Gasteiger partial charge in [-0.3, -0.25) is 14.9 Å². The maximum atomic E-state index is 12.0. The lowest BCUT2D eigenvalue weighted by Crippen LogP contribution is -2.31. The minimum absolute atomic E-state index is 0.0209. The summed E-state index contributed by atoms with van der Waals surface area (Å²) in [7, 11) is 0. The summed E-state index contributed by atoms with van der Waals surface area (Å²) in [4.78, 5) is 24.4. The van der Waals surface area contributed by atoms with Gasteiger partial charge in [0.1, 0.15) is 0 Å². The molecule has 0 atom stereocenters. The highest BCUT2D eigenvalue weighted by Crippen LogP contribution is 2.14. The molecular formula is C14H18N2O3. The molecule has 0 radical (unpaired) electrons. The Morgan fingerprint density at radius 2 is 1.79 bits per heavy atom. The topological polar surface area (TPSA) is 63.5 Å². The van der Waals surface area contributed by atoms with Gasteiger partial charge >= 0.3 is 0 Å². The third-order valence-electron chi connectivity index (χ3n) is 3.50. The van der Waals surface area contributed by atoms with Crippen molar-refractivity contribution < 1.29 is 9.72 Å². The van der Waals surface area contributed by atoms with Crippen LogP contribution in [-0.2, 0) is 0 Å². The lowest BCUT2D eigenvalue weighted by atomic mass is 10.1. The van der Waals surface area contributed by atoms with Crippen LogP contribution >= 0.6 is 0 Å². The van der Waals surface area contributed by atoms with Crippen LogP contribution in [0.4, 0.5) is 5.69 Å². The van der Waals surface area contributed by atoms with E-state index in [4.69, 9.17) is 0 Å². The molecule has 5 nitrogen and oxygen atoms in total. The van der Waals surface area contributed by atoms with E-state index in [0.29, 0.717) is 12.0 Å². The van der Waals surface area contributed by atoms with E-state index in [1.165, 1.54) is 43.5 Å². The summed E-state index contributed by atoms with van der Waals surface area (Å²) in [5, 5.41) is 10.5. The van der Waals surface area contributed by atoms with Crippen LogP contribution in [0.25, 0.3) is 0 Å². The number of benzene rings is 1. The minimum Gasteiger partial charge on any atom is -0.303 e. The van der Waals surface area contributed by atoms with Gasteiger partial charge in [0.2, 0.25) is 0 Å². The quantitative estimate of drug-likeness (QED) is 0.465. The SMILES string of the molecule is O=C(CCN1CCCCC1)c1ccc([N+](=O)[O-])cc1. The number of nitro benzene ring substituents is 1. The molecule has 1 saturated heterocycles. The van der Waals surface area contributed by atoms with Gasteiger partial charge in [-0.25, -0.2) is 0 Å². The maximum Gasteiger partial charge on any atom is 0.269 e. The molecule has 0 aliphatic carbocycles. The first-order valence-electron chi connectivity index (χ1n) is 6.67.